The summed E-state index contributed by atoms with van der Waals surface area (Å²) in [5, 5.41) is 0. The number of nitrogens with zero attached hydrogens (tertiary/aromatic N) is 1. The van der Waals surface area contributed by atoms with Gasteiger partial charge in [-0.05, 0) is 52.0 Å². The summed E-state index contributed by atoms with van der Waals surface area (Å²) < 4.78 is 5.43. The maximum Gasteiger partial charge on any atom is 0.410 e. The molecule has 0 bridgehead atoms. The van der Waals surface area contributed by atoms with Crippen molar-refractivity contribution in [3.05, 3.63) is 35.4 Å². The quantitative estimate of drug-likeness (QED) is 0.907. The van der Waals surface area contributed by atoms with Gasteiger partial charge >= 0.3 is 6.09 Å². The highest BCUT2D eigenvalue weighted by Gasteiger charge is 2.29. The van der Waals surface area contributed by atoms with Crippen molar-refractivity contribution in [1.82, 2.24) is 4.90 Å². The Morgan fingerprint density at radius 1 is 1.23 bits per heavy atom. The van der Waals surface area contributed by atoms with Crippen LogP contribution in [-0.4, -0.2) is 29.7 Å². The third kappa shape index (κ3) is 4.47. The van der Waals surface area contributed by atoms with E-state index in [1.54, 1.807) is 4.90 Å². The number of rotatable bonds is 2. The first-order chi connectivity index (χ1) is 10.3. The van der Waals surface area contributed by atoms with Crippen molar-refractivity contribution in [2.45, 2.75) is 52.2 Å². The van der Waals surface area contributed by atoms with E-state index in [4.69, 9.17) is 10.5 Å². The number of carbonyl (C=O) groups is 1. The fraction of sp³-hybridized carbons (Fsp3) is 0.611. The molecule has 1 amide bonds. The molecule has 22 heavy (non-hydrogen) atoms. The van der Waals surface area contributed by atoms with E-state index in [2.05, 4.69) is 31.2 Å². The van der Waals surface area contributed by atoms with Crippen LogP contribution < -0.4 is 5.73 Å². The molecule has 1 aliphatic rings. The monoisotopic (exact) mass is 304 g/mol. The summed E-state index contributed by atoms with van der Waals surface area (Å²) in [5.74, 6) is 0.418. The van der Waals surface area contributed by atoms with Gasteiger partial charge in [0.15, 0.2) is 0 Å². The number of benzene rings is 1. The minimum absolute atomic E-state index is 0.0430. The first-order valence-corrected chi connectivity index (χ1v) is 8.06. The molecule has 1 aromatic rings. The Kier molecular flexibility index (Phi) is 5.12. The average molecular weight is 304 g/mol. The van der Waals surface area contributed by atoms with Gasteiger partial charge in [0.2, 0.25) is 0 Å². The summed E-state index contributed by atoms with van der Waals surface area (Å²) in [7, 11) is 0. The highest BCUT2D eigenvalue weighted by atomic mass is 16.6. The second-order valence-corrected chi connectivity index (χ2v) is 7.24. The van der Waals surface area contributed by atoms with Gasteiger partial charge in [-0.25, -0.2) is 4.79 Å². The van der Waals surface area contributed by atoms with E-state index in [1.807, 2.05) is 20.8 Å². The molecule has 0 saturated carbocycles. The molecule has 1 heterocycles. The molecule has 4 heteroatoms. The predicted molar refractivity (Wildman–Crippen MR) is 88.6 cm³/mol. The van der Waals surface area contributed by atoms with Crippen LogP contribution in [0.1, 0.15) is 50.8 Å². The molecular weight excluding hydrogens is 276 g/mol. The van der Waals surface area contributed by atoms with Gasteiger partial charge in [0, 0.05) is 19.1 Å². The number of aryl methyl sites for hydroxylation is 1. The summed E-state index contributed by atoms with van der Waals surface area (Å²) in [6, 6.07) is 8.47. The Morgan fingerprint density at radius 3 is 2.27 bits per heavy atom. The summed E-state index contributed by atoms with van der Waals surface area (Å²) >= 11 is 0. The molecule has 2 N–H and O–H groups in total. The second kappa shape index (κ2) is 6.69. The number of ether oxygens (including phenoxy) is 1. The summed E-state index contributed by atoms with van der Waals surface area (Å²) in [6.45, 7) is 9.20. The molecule has 0 spiro atoms. The zero-order valence-corrected chi connectivity index (χ0v) is 14.1. The SMILES string of the molecule is Cc1ccc(C(N)C2CCN(C(=O)OC(C)(C)C)CC2)cc1. The van der Waals surface area contributed by atoms with Crippen LogP contribution in [0.3, 0.4) is 0 Å². The van der Waals surface area contributed by atoms with E-state index in [1.165, 1.54) is 11.1 Å². The normalized spacial score (nSPS) is 18.1. The highest BCUT2D eigenvalue weighted by molar-refractivity contribution is 5.68. The van der Waals surface area contributed by atoms with Crippen LogP contribution in [0.15, 0.2) is 24.3 Å². The number of carbonyl (C=O) groups excluding carboxylic acids is 1. The fourth-order valence-corrected chi connectivity index (χ4v) is 2.83. The molecule has 2 rings (SSSR count). The lowest BCUT2D eigenvalue weighted by Crippen LogP contribution is -2.43. The summed E-state index contributed by atoms with van der Waals surface area (Å²) in [5.41, 5.74) is 8.40. The van der Waals surface area contributed by atoms with Crippen LogP contribution in [0.25, 0.3) is 0 Å². The van der Waals surface area contributed by atoms with Crippen molar-refractivity contribution in [2.75, 3.05) is 13.1 Å². The lowest BCUT2D eigenvalue weighted by atomic mass is 9.86. The van der Waals surface area contributed by atoms with Crippen molar-refractivity contribution in [3.63, 3.8) is 0 Å². The maximum absolute atomic E-state index is 12.1. The molecule has 1 fully saturated rings. The van der Waals surface area contributed by atoms with E-state index in [0.717, 1.165) is 25.9 Å². The fourth-order valence-electron chi connectivity index (χ4n) is 2.83. The Bertz CT molecular complexity index is 497. The summed E-state index contributed by atoms with van der Waals surface area (Å²) in [4.78, 5) is 13.9. The third-order valence-electron chi connectivity index (χ3n) is 4.16. The number of hydrogen-bond donors (Lipinski definition) is 1. The van der Waals surface area contributed by atoms with Gasteiger partial charge in [0.1, 0.15) is 5.60 Å². The molecule has 1 aliphatic heterocycles. The van der Waals surface area contributed by atoms with E-state index < -0.39 is 5.60 Å². The van der Waals surface area contributed by atoms with Crippen molar-refractivity contribution in [3.8, 4) is 0 Å². The van der Waals surface area contributed by atoms with Crippen molar-refractivity contribution in [1.29, 1.82) is 0 Å². The molecule has 122 valence electrons. The van der Waals surface area contributed by atoms with Crippen LogP contribution in [0, 0.1) is 12.8 Å². The Labute approximate surface area is 133 Å². The van der Waals surface area contributed by atoms with Gasteiger partial charge < -0.3 is 15.4 Å². The number of nitrogens with two attached hydrogens (primary N) is 1. The third-order valence-corrected chi connectivity index (χ3v) is 4.16. The van der Waals surface area contributed by atoms with Crippen molar-refractivity contribution < 1.29 is 9.53 Å². The molecule has 0 radical (unpaired) electrons. The van der Waals surface area contributed by atoms with Crippen molar-refractivity contribution >= 4 is 6.09 Å². The van der Waals surface area contributed by atoms with Crippen LogP contribution >= 0.6 is 0 Å². The zero-order chi connectivity index (χ0) is 16.3. The number of amides is 1. The largest absolute Gasteiger partial charge is 0.444 e. The first-order valence-electron chi connectivity index (χ1n) is 8.06. The molecule has 1 unspecified atom stereocenters. The standard InChI is InChI=1S/C18H28N2O2/c1-13-5-7-14(8-6-13)16(19)15-9-11-20(12-10-15)17(21)22-18(2,3)4/h5-8,15-16H,9-12,19H2,1-4H3. The number of hydrogen-bond acceptors (Lipinski definition) is 3. The Morgan fingerprint density at radius 2 is 1.77 bits per heavy atom. The summed E-state index contributed by atoms with van der Waals surface area (Å²) in [6.07, 6.45) is 1.64. The lowest BCUT2D eigenvalue weighted by Gasteiger charge is -2.35. The number of piperidine rings is 1. The molecule has 1 atom stereocenters. The van der Waals surface area contributed by atoms with Gasteiger partial charge in [-0.1, -0.05) is 29.8 Å². The van der Waals surface area contributed by atoms with E-state index >= 15 is 0 Å². The molecule has 1 aromatic carbocycles. The molecule has 0 aromatic heterocycles. The van der Waals surface area contributed by atoms with Crippen LogP contribution in [0.5, 0.6) is 0 Å². The zero-order valence-electron chi connectivity index (χ0n) is 14.1. The molecule has 0 aliphatic carbocycles. The molecule has 4 nitrogen and oxygen atoms in total. The highest BCUT2D eigenvalue weighted by Crippen LogP contribution is 2.29. The van der Waals surface area contributed by atoms with Gasteiger partial charge in [-0.3, -0.25) is 0 Å². The first kappa shape index (κ1) is 16.8. The Balaban J connectivity index is 1.89. The van der Waals surface area contributed by atoms with Gasteiger partial charge in [-0.2, -0.15) is 0 Å². The minimum atomic E-state index is -0.438. The number of likely N-dealkylation sites (tertiary alicyclic amines) is 1. The topological polar surface area (TPSA) is 55.6 Å². The minimum Gasteiger partial charge on any atom is -0.444 e. The van der Waals surface area contributed by atoms with Crippen LogP contribution in [-0.2, 0) is 4.74 Å². The average Bonchev–Trinajstić information content (AvgIpc) is 2.46. The van der Waals surface area contributed by atoms with Crippen LogP contribution in [0.4, 0.5) is 4.79 Å². The van der Waals surface area contributed by atoms with Gasteiger partial charge in [0.05, 0.1) is 0 Å². The van der Waals surface area contributed by atoms with Gasteiger partial charge in [-0.15, -0.1) is 0 Å². The molecular formula is C18H28N2O2. The van der Waals surface area contributed by atoms with E-state index in [0.29, 0.717) is 5.92 Å². The van der Waals surface area contributed by atoms with E-state index in [9.17, 15) is 4.79 Å². The van der Waals surface area contributed by atoms with Gasteiger partial charge in [0.25, 0.3) is 0 Å². The van der Waals surface area contributed by atoms with Crippen molar-refractivity contribution in [2.24, 2.45) is 11.7 Å². The van der Waals surface area contributed by atoms with E-state index in [-0.39, 0.29) is 12.1 Å². The Hall–Kier alpha value is -1.55. The smallest absolute Gasteiger partial charge is 0.410 e. The maximum atomic E-state index is 12.1. The van der Waals surface area contributed by atoms with Crippen LogP contribution in [0.2, 0.25) is 0 Å². The molecule has 1 saturated heterocycles. The predicted octanol–water partition coefficient (Wildman–Crippen LogP) is 3.64. The lowest BCUT2D eigenvalue weighted by molar-refractivity contribution is 0.0174. The second-order valence-electron chi connectivity index (χ2n) is 7.24.